The number of likely N-dealkylation sites (tertiary alicyclic amines) is 1. The van der Waals surface area contributed by atoms with Crippen molar-refractivity contribution in [1.82, 2.24) is 9.21 Å². The van der Waals surface area contributed by atoms with Gasteiger partial charge in [0, 0.05) is 33.3 Å². The average molecular weight is 403 g/mol. The van der Waals surface area contributed by atoms with Crippen molar-refractivity contribution < 1.29 is 22.7 Å². The number of hydrogen-bond donors (Lipinski definition) is 0. The van der Waals surface area contributed by atoms with Crippen molar-refractivity contribution in [2.24, 2.45) is 5.41 Å². The van der Waals surface area contributed by atoms with Crippen LogP contribution in [0, 0.1) is 5.41 Å². The number of carbonyl (C=O) groups is 1. The van der Waals surface area contributed by atoms with E-state index in [9.17, 15) is 13.2 Å². The molecule has 7 nitrogen and oxygen atoms in total. The first kappa shape index (κ1) is 19.8. The summed E-state index contributed by atoms with van der Waals surface area (Å²) in [7, 11) is -1.78. The average Bonchev–Trinajstić information content (AvgIpc) is 3.30. The third kappa shape index (κ3) is 4.28. The van der Waals surface area contributed by atoms with E-state index in [1.54, 1.807) is 28.9 Å². The molecular formula is C17H26N2O5S2. The predicted molar refractivity (Wildman–Crippen MR) is 98.6 cm³/mol. The third-order valence-electron chi connectivity index (χ3n) is 5.32. The van der Waals surface area contributed by atoms with Crippen LogP contribution in [0.4, 0.5) is 0 Å². The first-order valence-corrected chi connectivity index (χ1v) is 11.2. The second kappa shape index (κ2) is 8.35. The lowest BCUT2D eigenvalue weighted by Crippen LogP contribution is -2.44. The lowest BCUT2D eigenvalue weighted by Gasteiger charge is -2.38. The van der Waals surface area contributed by atoms with Gasteiger partial charge < -0.3 is 14.4 Å². The van der Waals surface area contributed by atoms with E-state index in [-0.39, 0.29) is 17.9 Å². The number of hydrogen-bond acceptors (Lipinski definition) is 6. The number of thiophene rings is 1. The maximum absolute atomic E-state index is 12.6. The maximum Gasteiger partial charge on any atom is 0.252 e. The van der Waals surface area contributed by atoms with Crippen LogP contribution in [0.3, 0.4) is 0 Å². The van der Waals surface area contributed by atoms with Crippen molar-refractivity contribution >= 4 is 27.3 Å². The predicted octanol–water partition coefficient (Wildman–Crippen LogP) is 1.41. The van der Waals surface area contributed by atoms with Crippen molar-refractivity contribution in [2.45, 2.75) is 23.5 Å². The van der Waals surface area contributed by atoms with Crippen LogP contribution in [0.15, 0.2) is 21.7 Å². The van der Waals surface area contributed by atoms with Gasteiger partial charge in [0.05, 0.1) is 13.2 Å². The number of sulfonamides is 1. The standard InChI is InChI=1S/C17H26N2O5S2/c1-23-10-11-24-13-15(20)18-7-4-17(14-18)5-8-19(9-6-17)26(21,22)16-3-2-12-25-16/h2-3,12H,4-11,13-14H2,1H3. The summed E-state index contributed by atoms with van der Waals surface area (Å²) < 4.78 is 37.5. The molecule has 0 aliphatic carbocycles. The summed E-state index contributed by atoms with van der Waals surface area (Å²) in [6.45, 7) is 3.44. The Labute approximate surface area is 158 Å². The quantitative estimate of drug-likeness (QED) is 0.645. The van der Waals surface area contributed by atoms with Gasteiger partial charge in [0.1, 0.15) is 10.8 Å². The molecular weight excluding hydrogens is 376 g/mol. The minimum Gasteiger partial charge on any atom is -0.382 e. The Morgan fingerprint density at radius 3 is 2.62 bits per heavy atom. The van der Waals surface area contributed by atoms with Gasteiger partial charge in [0.15, 0.2) is 0 Å². The van der Waals surface area contributed by atoms with Gasteiger partial charge in [-0.15, -0.1) is 11.3 Å². The van der Waals surface area contributed by atoms with Crippen LogP contribution in [-0.2, 0) is 24.3 Å². The van der Waals surface area contributed by atoms with Crippen LogP contribution in [0.1, 0.15) is 19.3 Å². The summed E-state index contributed by atoms with van der Waals surface area (Å²) in [5, 5.41) is 1.79. The molecule has 2 saturated heterocycles. The molecule has 3 heterocycles. The zero-order valence-electron chi connectivity index (χ0n) is 15.1. The SMILES string of the molecule is COCCOCC(=O)N1CCC2(CCN(S(=O)(=O)c3cccs3)CC2)C1. The van der Waals surface area contributed by atoms with Crippen LogP contribution in [0.25, 0.3) is 0 Å². The molecule has 1 aromatic heterocycles. The van der Waals surface area contributed by atoms with Gasteiger partial charge >= 0.3 is 0 Å². The highest BCUT2D eigenvalue weighted by Gasteiger charge is 2.44. The van der Waals surface area contributed by atoms with Crippen LogP contribution in [0.5, 0.6) is 0 Å². The molecule has 2 aliphatic heterocycles. The van der Waals surface area contributed by atoms with Gasteiger partial charge in [-0.2, -0.15) is 4.31 Å². The Morgan fingerprint density at radius 1 is 1.23 bits per heavy atom. The van der Waals surface area contributed by atoms with Gasteiger partial charge in [-0.3, -0.25) is 4.79 Å². The van der Waals surface area contributed by atoms with E-state index in [1.807, 2.05) is 4.90 Å². The first-order valence-electron chi connectivity index (χ1n) is 8.85. The van der Waals surface area contributed by atoms with Gasteiger partial charge in [-0.1, -0.05) is 6.07 Å². The number of carbonyl (C=O) groups excluding carboxylic acids is 1. The summed E-state index contributed by atoms with van der Waals surface area (Å²) in [5.74, 6) is 0.00612. The maximum atomic E-state index is 12.6. The zero-order chi connectivity index (χ0) is 18.6. The Bertz CT molecular complexity index is 697. The van der Waals surface area contributed by atoms with Crippen molar-refractivity contribution in [3.63, 3.8) is 0 Å². The lowest BCUT2D eigenvalue weighted by atomic mass is 9.78. The summed E-state index contributed by atoms with van der Waals surface area (Å²) in [5.41, 5.74) is 0.0453. The molecule has 0 radical (unpaired) electrons. The molecule has 0 N–H and O–H groups in total. The highest BCUT2D eigenvalue weighted by Crippen LogP contribution is 2.41. The molecule has 0 aromatic carbocycles. The molecule has 2 aliphatic rings. The van der Waals surface area contributed by atoms with E-state index in [0.29, 0.717) is 37.1 Å². The van der Waals surface area contributed by atoms with E-state index < -0.39 is 10.0 Å². The number of nitrogens with zero attached hydrogens (tertiary/aromatic N) is 2. The Kier molecular flexibility index (Phi) is 6.34. The monoisotopic (exact) mass is 402 g/mol. The van der Waals surface area contributed by atoms with Crippen LogP contribution in [-0.4, -0.2) is 76.6 Å². The van der Waals surface area contributed by atoms with Gasteiger partial charge in [0.2, 0.25) is 5.91 Å². The molecule has 3 rings (SSSR count). The number of rotatable bonds is 7. The normalized spacial score (nSPS) is 20.7. The smallest absolute Gasteiger partial charge is 0.252 e. The molecule has 26 heavy (non-hydrogen) atoms. The molecule has 0 bridgehead atoms. The topological polar surface area (TPSA) is 76.2 Å². The van der Waals surface area contributed by atoms with E-state index in [0.717, 1.165) is 25.8 Å². The molecule has 1 spiro atoms. The van der Waals surface area contributed by atoms with Crippen molar-refractivity contribution in [2.75, 3.05) is 53.1 Å². The summed E-state index contributed by atoms with van der Waals surface area (Å²) >= 11 is 1.26. The summed E-state index contributed by atoms with van der Waals surface area (Å²) in [6.07, 6.45) is 2.53. The number of piperidine rings is 1. The second-order valence-corrected chi connectivity index (χ2v) is 10.1. The zero-order valence-corrected chi connectivity index (χ0v) is 16.7. The van der Waals surface area contributed by atoms with Gasteiger partial charge in [-0.25, -0.2) is 8.42 Å². The Hall–Kier alpha value is -1.00. The molecule has 1 amide bonds. The fraction of sp³-hybridized carbons (Fsp3) is 0.706. The first-order chi connectivity index (χ1) is 12.5. The number of ether oxygens (including phenoxy) is 2. The minimum absolute atomic E-state index is 0.00612. The van der Waals surface area contributed by atoms with Crippen molar-refractivity contribution in [1.29, 1.82) is 0 Å². The van der Waals surface area contributed by atoms with E-state index in [2.05, 4.69) is 0 Å². The highest BCUT2D eigenvalue weighted by atomic mass is 32.2. The minimum atomic E-state index is -3.37. The molecule has 0 atom stereocenters. The fourth-order valence-electron chi connectivity index (χ4n) is 3.69. The lowest BCUT2D eigenvalue weighted by molar-refractivity contribution is -0.136. The van der Waals surface area contributed by atoms with E-state index in [4.69, 9.17) is 9.47 Å². The molecule has 0 saturated carbocycles. The Balaban J connectivity index is 1.51. The Morgan fingerprint density at radius 2 is 1.96 bits per heavy atom. The molecule has 146 valence electrons. The van der Waals surface area contributed by atoms with Crippen molar-refractivity contribution in [3.8, 4) is 0 Å². The van der Waals surface area contributed by atoms with E-state index in [1.165, 1.54) is 11.3 Å². The van der Waals surface area contributed by atoms with Crippen LogP contribution < -0.4 is 0 Å². The van der Waals surface area contributed by atoms with Crippen LogP contribution in [0.2, 0.25) is 0 Å². The summed E-state index contributed by atoms with van der Waals surface area (Å²) in [6, 6.07) is 3.42. The fourth-order valence-corrected chi connectivity index (χ4v) is 6.27. The van der Waals surface area contributed by atoms with Gasteiger partial charge in [0.25, 0.3) is 10.0 Å². The molecule has 1 aromatic rings. The van der Waals surface area contributed by atoms with Crippen LogP contribution >= 0.6 is 11.3 Å². The third-order valence-corrected chi connectivity index (χ3v) is 8.59. The van der Waals surface area contributed by atoms with Crippen molar-refractivity contribution in [3.05, 3.63) is 17.5 Å². The van der Waals surface area contributed by atoms with E-state index >= 15 is 0 Å². The van der Waals surface area contributed by atoms with Gasteiger partial charge in [-0.05, 0) is 36.1 Å². The molecule has 9 heteroatoms. The number of amides is 1. The second-order valence-electron chi connectivity index (χ2n) is 6.95. The number of methoxy groups -OCH3 is 1. The molecule has 0 unspecified atom stereocenters. The summed E-state index contributed by atoms with van der Waals surface area (Å²) in [4.78, 5) is 14.1. The largest absolute Gasteiger partial charge is 0.382 e. The highest BCUT2D eigenvalue weighted by molar-refractivity contribution is 7.91. The molecule has 2 fully saturated rings.